The molecule has 1 aromatic heterocycles. The zero-order chi connectivity index (χ0) is 24.1. The number of aromatic amines is 1. The minimum absolute atomic E-state index is 0.0681. The molecule has 0 amide bonds. The number of esters is 1. The highest BCUT2D eigenvalue weighted by atomic mass is 19.2. The number of rotatable bonds is 8. The Kier molecular flexibility index (Phi) is 7.57. The predicted octanol–water partition coefficient (Wildman–Crippen LogP) is 4.57. The van der Waals surface area contributed by atoms with E-state index in [-0.39, 0.29) is 17.0 Å². The molecule has 1 fully saturated rings. The Bertz CT molecular complexity index is 1180. The van der Waals surface area contributed by atoms with Gasteiger partial charge in [0, 0.05) is 12.1 Å². The van der Waals surface area contributed by atoms with Gasteiger partial charge in [0.25, 0.3) is 0 Å². The van der Waals surface area contributed by atoms with E-state index in [2.05, 4.69) is 34.1 Å². The van der Waals surface area contributed by atoms with Gasteiger partial charge < -0.3 is 9.64 Å². The van der Waals surface area contributed by atoms with Gasteiger partial charge in [0.2, 0.25) is 0 Å². The van der Waals surface area contributed by atoms with E-state index < -0.39 is 23.3 Å². The summed E-state index contributed by atoms with van der Waals surface area (Å²) in [7, 11) is 1.20. The quantitative estimate of drug-likeness (QED) is 0.388. The number of nitrogens with zero attached hydrogens (tertiary/aromatic N) is 2. The number of unbranched alkanes of at least 4 members (excludes halogenated alkanes) is 1. The van der Waals surface area contributed by atoms with Crippen molar-refractivity contribution in [1.29, 1.82) is 0 Å². The van der Waals surface area contributed by atoms with Crippen LogP contribution in [0.5, 0.6) is 0 Å². The molecule has 1 aliphatic heterocycles. The maximum Gasteiger partial charge on any atom is 0.356 e. The Morgan fingerprint density at radius 3 is 2.41 bits per heavy atom. The normalized spacial score (nSPS) is 14.9. The molecule has 0 aliphatic carbocycles. The smallest absolute Gasteiger partial charge is 0.356 e. The fourth-order valence-electron chi connectivity index (χ4n) is 4.70. The van der Waals surface area contributed by atoms with Crippen LogP contribution in [-0.4, -0.2) is 47.2 Å². The third kappa shape index (κ3) is 5.28. The molecular formula is C26H29F2N3O3. The number of nitrogens with one attached hydrogen (secondary N) is 1. The second-order valence-corrected chi connectivity index (χ2v) is 8.66. The maximum absolute atomic E-state index is 13.9. The Morgan fingerprint density at radius 1 is 1.03 bits per heavy atom. The van der Waals surface area contributed by atoms with E-state index in [1.807, 2.05) is 6.07 Å². The first-order valence-corrected chi connectivity index (χ1v) is 11.6. The predicted molar refractivity (Wildman–Crippen MR) is 126 cm³/mol. The van der Waals surface area contributed by atoms with Crippen LogP contribution >= 0.6 is 0 Å². The number of ether oxygens (including phenoxy) is 1. The fourth-order valence-corrected chi connectivity index (χ4v) is 4.70. The summed E-state index contributed by atoms with van der Waals surface area (Å²) >= 11 is 0. The van der Waals surface area contributed by atoms with Crippen molar-refractivity contribution >= 4 is 5.97 Å². The number of halogens is 2. The lowest BCUT2D eigenvalue weighted by molar-refractivity contribution is 0.0595. The molecule has 0 spiro atoms. The van der Waals surface area contributed by atoms with Crippen molar-refractivity contribution in [3.8, 4) is 11.3 Å². The zero-order valence-corrected chi connectivity index (χ0v) is 19.2. The van der Waals surface area contributed by atoms with Crippen LogP contribution in [0.2, 0.25) is 0 Å². The van der Waals surface area contributed by atoms with Crippen molar-refractivity contribution in [2.24, 2.45) is 0 Å². The first kappa shape index (κ1) is 23.9. The van der Waals surface area contributed by atoms with Crippen molar-refractivity contribution < 1.29 is 18.3 Å². The van der Waals surface area contributed by atoms with Gasteiger partial charge in [-0.2, -0.15) is 0 Å². The summed E-state index contributed by atoms with van der Waals surface area (Å²) in [5.41, 5.74) is 1.30. The zero-order valence-electron chi connectivity index (χ0n) is 19.2. The molecular weight excluding hydrogens is 440 g/mol. The summed E-state index contributed by atoms with van der Waals surface area (Å²) in [6.45, 7) is 3.35. The number of hydrogen-bond acceptors (Lipinski definition) is 4. The van der Waals surface area contributed by atoms with E-state index in [0.29, 0.717) is 18.9 Å². The van der Waals surface area contributed by atoms with Gasteiger partial charge in [0.1, 0.15) is 0 Å². The van der Waals surface area contributed by atoms with Crippen LogP contribution in [0.4, 0.5) is 8.78 Å². The van der Waals surface area contributed by atoms with E-state index in [0.717, 1.165) is 51.0 Å². The number of carbonyl (C=O) groups is 1. The van der Waals surface area contributed by atoms with E-state index in [1.54, 1.807) is 0 Å². The Morgan fingerprint density at radius 2 is 1.74 bits per heavy atom. The van der Waals surface area contributed by atoms with E-state index in [1.165, 1.54) is 23.3 Å². The van der Waals surface area contributed by atoms with E-state index in [9.17, 15) is 18.4 Å². The number of piperidine rings is 1. The third-order valence-corrected chi connectivity index (χ3v) is 6.53. The maximum atomic E-state index is 13.9. The fraction of sp³-hybridized carbons (Fsp3) is 0.385. The standard InChI is InChI=1S/C26H29F2N3O3/c1-34-25(32)23-24(20-9-10-21(27)22(28)17-20)31(26(33)29-23)14-6-5-13-30-15-11-19(12-16-30)18-7-3-2-4-8-18/h2-4,7-10,17,19H,5-6,11-16H2,1H3,(H,29,33). The largest absolute Gasteiger partial charge is 0.464 e. The molecule has 2 heterocycles. The number of aromatic nitrogens is 2. The number of imidazole rings is 1. The average Bonchev–Trinajstić information content (AvgIpc) is 3.20. The van der Waals surface area contributed by atoms with Crippen LogP contribution in [-0.2, 0) is 11.3 Å². The highest BCUT2D eigenvalue weighted by molar-refractivity contribution is 5.94. The van der Waals surface area contributed by atoms with Gasteiger partial charge in [-0.1, -0.05) is 30.3 Å². The molecule has 2 aromatic carbocycles. The molecule has 8 heteroatoms. The lowest BCUT2D eigenvalue weighted by Gasteiger charge is -2.32. The number of H-pyrrole nitrogens is 1. The van der Waals surface area contributed by atoms with Crippen molar-refractivity contribution in [3.05, 3.63) is 81.9 Å². The molecule has 0 saturated carbocycles. The van der Waals surface area contributed by atoms with Gasteiger partial charge in [-0.15, -0.1) is 0 Å². The Labute approximate surface area is 197 Å². The van der Waals surface area contributed by atoms with Crippen molar-refractivity contribution in [1.82, 2.24) is 14.5 Å². The molecule has 0 unspecified atom stereocenters. The van der Waals surface area contributed by atoms with Gasteiger partial charge in [0.15, 0.2) is 17.3 Å². The van der Waals surface area contributed by atoms with Crippen molar-refractivity contribution in [2.45, 2.75) is 38.1 Å². The lowest BCUT2D eigenvalue weighted by Crippen LogP contribution is -2.33. The topological polar surface area (TPSA) is 67.3 Å². The number of methoxy groups -OCH3 is 1. The molecule has 4 rings (SSSR count). The molecule has 1 aliphatic rings. The molecule has 0 atom stereocenters. The van der Waals surface area contributed by atoms with Crippen LogP contribution in [0.15, 0.2) is 53.3 Å². The molecule has 180 valence electrons. The second kappa shape index (κ2) is 10.8. The van der Waals surface area contributed by atoms with Gasteiger partial charge in [-0.05, 0) is 75.0 Å². The number of likely N-dealkylation sites (tertiary alicyclic amines) is 1. The third-order valence-electron chi connectivity index (χ3n) is 6.53. The molecule has 0 bridgehead atoms. The van der Waals surface area contributed by atoms with Gasteiger partial charge in [0.05, 0.1) is 12.8 Å². The summed E-state index contributed by atoms with van der Waals surface area (Å²) in [6, 6.07) is 13.9. The van der Waals surface area contributed by atoms with Crippen LogP contribution in [0.25, 0.3) is 11.3 Å². The summed E-state index contributed by atoms with van der Waals surface area (Å²) in [5, 5.41) is 0. The van der Waals surface area contributed by atoms with E-state index >= 15 is 0 Å². The molecule has 1 N–H and O–H groups in total. The van der Waals surface area contributed by atoms with Crippen LogP contribution in [0.3, 0.4) is 0 Å². The molecule has 0 radical (unpaired) electrons. The summed E-state index contributed by atoms with van der Waals surface area (Å²) in [6.07, 6.45) is 3.83. The second-order valence-electron chi connectivity index (χ2n) is 8.66. The van der Waals surface area contributed by atoms with Gasteiger partial charge in [-0.3, -0.25) is 9.55 Å². The van der Waals surface area contributed by atoms with Crippen LogP contribution < -0.4 is 5.69 Å². The monoisotopic (exact) mass is 469 g/mol. The number of carbonyl (C=O) groups excluding carboxylic acids is 1. The molecule has 6 nitrogen and oxygen atoms in total. The van der Waals surface area contributed by atoms with Crippen LogP contribution in [0, 0.1) is 11.6 Å². The first-order valence-electron chi connectivity index (χ1n) is 11.6. The van der Waals surface area contributed by atoms with Gasteiger partial charge in [-0.25, -0.2) is 18.4 Å². The Hall–Kier alpha value is -3.26. The SMILES string of the molecule is COC(=O)c1[nH]c(=O)n(CCCCN2CCC(c3ccccc3)CC2)c1-c1ccc(F)c(F)c1. The number of benzene rings is 2. The van der Waals surface area contributed by atoms with Crippen molar-refractivity contribution in [2.75, 3.05) is 26.7 Å². The summed E-state index contributed by atoms with van der Waals surface area (Å²) < 4.78 is 33.5. The highest BCUT2D eigenvalue weighted by Crippen LogP contribution is 2.28. The van der Waals surface area contributed by atoms with Crippen LogP contribution in [0.1, 0.15) is 47.7 Å². The number of hydrogen-bond donors (Lipinski definition) is 1. The minimum atomic E-state index is -1.05. The first-order chi connectivity index (χ1) is 16.5. The average molecular weight is 470 g/mol. The van der Waals surface area contributed by atoms with Crippen molar-refractivity contribution in [3.63, 3.8) is 0 Å². The van der Waals surface area contributed by atoms with E-state index in [4.69, 9.17) is 4.74 Å². The minimum Gasteiger partial charge on any atom is -0.464 e. The molecule has 34 heavy (non-hydrogen) atoms. The lowest BCUT2D eigenvalue weighted by atomic mass is 9.89. The highest BCUT2D eigenvalue weighted by Gasteiger charge is 2.23. The Balaban J connectivity index is 1.38. The summed E-state index contributed by atoms with van der Waals surface area (Å²) in [4.78, 5) is 29.8. The molecule has 1 saturated heterocycles. The van der Waals surface area contributed by atoms with Gasteiger partial charge >= 0.3 is 11.7 Å². The summed E-state index contributed by atoms with van der Waals surface area (Å²) in [5.74, 6) is -2.18. The molecule has 3 aromatic rings.